The lowest BCUT2D eigenvalue weighted by Crippen LogP contribution is -2.62. The van der Waals surface area contributed by atoms with Crippen LogP contribution < -0.4 is 25.4 Å². The van der Waals surface area contributed by atoms with Crippen molar-refractivity contribution in [1.82, 2.24) is 16.0 Å². The SMILES string of the molecule is CNCC(=O)NC1(C(=O)NCc2ccc(Oc3ccc(OC)cc3C(F)(F)F)cc2)CCOCC1. The fourth-order valence-corrected chi connectivity index (χ4v) is 3.70. The van der Waals surface area contributed by atoms with Crippen LogP contribution in [0.15, 0.2) is 42.5 Å². The molecule has 0 atom stereocenters. The number of ether oxygens (including phenoxy) is 3. The molecule has 11 heteroatoms. The van der Waals surface area contributed by atoms with Gasteiger partial charge in [-0.3, -0.25) is 9.59 Å². The molecule has 8 nitrogen and oxygen atoms in total. The number of likely N-dealkylation sites (N-methyl/N-ethyl adjacent to an activating group) is 1. The number of carbonyl (C=O) groups is 2. The molecule has 0 aromatic heterocycles. The fraction of sp³-hybridized carbons (Fsp3) is 0.417. The van der Waals surface area contributed by atoms with Crippen LogP contribution in [0.2, 0.25) is 0 Å². The fourth-order valence-electron chi connectivity index (χ4n) is 3.70. The van der Waals surface area contributed by atoms with Gasteiger partial charge >= 0.3 is 6.18 Å². The molecule has 35 heavy (non-hydrogen) atoms. The van der Waals surface area contributed by atoms with Crippen LogP contribution in [0, 0.1) is 0 Å². The van der Waals surface area contributed by atoms with Crippen LogP contribution >= 0.6 is 0 Å². The lowest BCUT2D eigenvalue weighted by atomic mass is 9.88. The summed E-state index contributed by atoms with van der Waals surface area (Å²) >= 11 is 0. The van der Waals surface area contributed by atoms with Crippen molar-refractivity contribution in [3.8, 4) is 17.2 Å². The second-order valence-corrected chi connectivity index (χ2v) is 8.06. The van der Waals surface area contributed by atoms with Crippen molar-refractivity contribution in [2.45, 2.75) is 31.1 Å². The lowest BCUT2D eigenvalue weighted by Gasteiger charge is -2.36. The molecule has 0 radical (unpaired) electrons. The number of halogens is 3. The molecule has 3 N–H and O–H groups in total. The zero-order valence-electron chi connectivity index (χ0n) is 19.5. The van der Waals surface area contributed by atoms with Crippen LogP contribution in [0.25, 0.3) is 0 Å². The van der Waals surface area contributed by atoms with Gasteiger partial charge in [-0.1, -0.05) is 12.1 Å². The van der Waals surface area contributed by atoms with E-state index in [9.17, 15) is 22.8 Å². The number of rotatable bonds is 9. The van der Waals surface area contributed by atoms with E-state index in [0.717, 1.165) is 6.07 Å². The molecule has 2 amide bonds. The first kappa shape index (κ1) is 26.3. The van der Waals surface area contributed by atoms with Crippen LogP contribution in [0.1, 0.15) is 24.0 Å². The summed E-state index contributed by atoms with van der Waals surface area (Å²) in [6.07, 6.45) is -3.91. The van der Waals surface area contributed by atoms with Gasteiger partial charge in [0.15, 0.2) is 0 Å². The number of methoxy groups -OCH3 is 1. The highest BCUT2D eigenvalue weighted by molar-refractivity contribution is 5.92. The van der Waals surface area contributed by atoms with E-state index in [1.807, 2.05) is 0 Å². The Morgan fingerprint density at radius 1 is 1.06 bits per heavy atom. The third-order valence-electron chi connectivity index (χ3n) is 5.59. The predicted molar refractivity (Wildman–Crippen MR) is 121 cm³/mol. The summed E-state index contributed by atoms with van der Waals surface area (Å²) in [6.45, 7) is 0.955. The van der Waals surface area contributed by atoms with Crippen LogP contribution in [-0.2, 0) is 27.0 Å². The minimum atomic E-state index is -4.61. The molecule has 1 aliphatic heterocycles. The van der Waals surface area contributed by atoms with E-state index < -0.39 is 17.3 Å². The number of alkyl halides is 3. The number of carbonyl (C=O) groups excluding carboxylic acids is 2. The van der Waals surface area contributed by atoms with Gasteiger partial charge in [0, 0.05) is 32.6 Å². The molecule has 0 spiro atoms. The quantitative estimate of drug-likeness (QED) is 0.495. The summed E-state index contributed by atoms with van der Waals surface area (Å²) in [5.41, 5.74) is -1.30. The summed E-state index contributed by atoms with van der Waals surface area (Å²) in [6, 6.07) is 9.78. The molecular formula is C24H28F3N3O5. The summed E-state index contributed by atoms with van der Waals surface area (Å²) in [4.78, 5) is 25.1. The molecule has 0 aliphatic carbocycles. The molecule has 0 unspecified atom stereocenters. The highest BCUT2D eigenvalue weighted by Crippen LogP contribution is 2.40. The Kier molecular flexibility index (Phi) is 8.57. The van der Waals surface area contributed by atoms with Gasteiger partial charge in [-0.15, -0.1) is 0 Å². The first-order valence-corrected chi connectivity index (χ1v) is 11.0. The van der Waals surface area contributed by atoms with Gasteiger partial charge < -0.3 is 30.2 Å². The molecule has 1 saturated heterocycles. The molecule has 2 aromatic rings. The second-order valence-electron chi connectivity index (χ2n) is 8.06. The van der Waals surface area contributed by atoms with Gasteiger partial charge in [0.1, 0.15) is 28.4 Å². The molecule has 1 heterocycles. The van der Waals surface area contributed by atoms with E-state index in [-0.39, 0.29) is 42.2 Å². The third kappa shape index (κ3) is 6.86. The smallest absolute Gasteiger partial charge is 0.420 e. The molecule has 190 valence electrons. The van der Waals surface area contributed by atoms with E-state index in [1.165, 1.54) is 31.4 Å². The number of hydrogen-bond donors (Lipinski definition) is 3. The maximum atomic E-state index is 13.4. The minimum absolute atomic E-state index is 0.0696. The molecule has 0 saturated carbocycles. The topological polar surface area (TPSA) is 97.9 Å². The van der Waals surface area contributed by atoms with E-state index in [2.05, 4.69) is 16.0 Å². The summed E-state index contributed by atoms with van der Waals surface area (Å²) in [7, 11) is 2.93. The zero-order valence-corrected chi connectivity index (χ0v) is 19.5. The van der Waals surface area contributed by atoms with Crippen LogP contribution in [-0.4, -0.2) is 51.3 Å². The van der Waals surface area contributed by atoms with Gasteiger partial charge in [-0.2, -0.15) is 13.2 Å². The Bertz CT molecular complexity index is 1020. The maximum absolute atomic E-state index is 13.4. The maximum Gasteiger partial charge on any atom is 0.420 e. The predicted octanol–water partition coefficient (Wildman–Crippen LogP) is 3.01. The third-order valence-corrected chi connectivity index (χ3v) is 5.59. The van der Waals surface area contributed by atoms with Crippen molar-refractivity contribution < 1.29 is 37.0 Å². The van der Waals surface area contributed by atoms with E-state index in [4.69, 9.17) is 14.2 Å². The highest BCUT2D eigenvalue weighted by Gasteiger charge is 2.41. The Hall–Kier alpha value is -3.31. The van der Waals surface area contributed by atoms with Crippen molar-refractivity contribution in [2.24, 2.45) is 0 Å². The van der Waals surface area contributed by atoms with Crippen molar-refractivity contribution in [2.75, 3.05) is 33.9 Å². The minimum Gasteiger partial charge on any atom is -0.497 e. The number of hydrogen-bond acceptors (Lipinski definition) is 6. The summed E-state index contributed by atoms with van der Waals surface area (Å²) in [5.74, 6) is -0.684. The standard InChI is InChI=1S/C24H28F3N3O5/c1-28-15-21(31)30-23(9-11-34-12-10-23)22(32)29-14-16-3-5-17(6-4-16)35-20-8-7-18(33-2)13-19(20)24(25,26)27/h3-8,13,28H,9-12,14-15H2,1-2H3,(H,29,32)(H,30,31). The summed E-state index contributed by atoms with van der Waals surface area (Å²) in [5, 5.41) is 8.41. The number of amides is 2. The van der Waals surface area contributed by atoms with Gasteiger partial charge in [0.2, 0.25) is 11.8 Å². The molecule has 1 aliphatic rings. The van der Waals surface area contributed by atoms with E-state index in [0.29, 0.717) is 31.6 Å². The number of nitrogens with one attached hydrogen (secondary N) is 3. The average molecular weight is 495 g/mol. The van der Waals surface area contributed by atoms with Crippen LogP contribution in [0.5, 0.6) is 17.2 Å². The van der Waals surface area contributed by atoms with Gasteiger partial charge in [-0.25, -0.2) is 0 Å². The average Bonchev–Trinajstić information content (AvgIpc) is 2.83. The van der Waals surface area contributed by atoms with E-state index in [1.54, 1.807) is 19.2 Å². The zero-order chi connectivity index (χ0) is 25.5. The van der Waals surface area contributed by atoms with E-state index >= 15 is 0 Å². The molecule has 2 aromatic carbocycles. The first-order chi connectivity index (χ1) is 16.7. The second kappa shape index (κ2) is 11.4. The molecule has 0 bridgehead atoms. The van der Waals surface area contributed by atoms with Crippen LogP contribution in [0.3, 0.4) is 0 Å². The van der Waals surface area contributed by atoms with Gasteiger partial charge in [0.25, 0.3) is 0 Å². The Morgan fingerprint density at radius 2 is 1.71 bits per heavy atom. The summed E-state index contributed by atoms with van der Waals surface area (Å²) < 4.78 is 55.9. The van der Waals surface area contributed by atoms with Crippen molar-refractivity contribution in [1.29, 1.82) is 0 Å². The Balaban J connectivity index is 1.65. The lowest BCUT2D eigenvalue weighted by molar-refractivity contribution is -0.138. The molecule has 1 fully saturated rings. The Morgan fingerprint density at radius 3 is 2.31 bits per heavy atom. The Labute approximate surface area is 201 Å². The molecular weight excluding hydrogens is 467 g/mol. The van der Waals surface area contributed by atoms with Gasteiger partial charge in [-0.05, 0) is 42.9 Å². The molecule has 3 rings (SSSR count). The van der Waals surface area contributed by atoms with Gasteiger partial charge in [0.05, 0.1) is 13.7 Å². The first-order valence-electron chi connectivity index (χ1n) is 11.0. The van der Waals surface area contributed by atoms with Crippen molar-refractivity contribution in [3.63, 3.8) is 0 Å². The largest absolute Gasteiger partial charge is 0.497 e. The highest BCUT2D eigenvalue weighted by atomic mass is 19.4. The van der Waals surface area contributed by atoms with Crippen LogP contribution in [0.4, 0.5) is 13.2 Å². The normalized spacial score (nSPS) is 15.2. The van der Waals surface area contributed by atoms with Crippen molar-refractivity contribution >= 4 is 11.8 Å². The number of benzene rings is 2. The monoisotopic (exact) mass is 495 g/mol. The van der Waals surface area contributed by atoms with Crippen molar-refractivity contribution in [3.05, 3.63) is 53.6 Å².